The summed E-state index contributed by atoms with van der Waals surface area (Å²) in [5.74, 6) is 1.04. The van der Waals surface area contributed by atoms with Gasteiger partial charge in [-0.25, -0.2) is 4.79 Å². The maximum Gasteiger partial charge on any atom is 0.416 e. The smallest absolute Gasteiger partial charge is 0.416 e. The van der Waals surface area contributed by atoms with Crippen molar-refractivity contribution in [2.45, 2.75) is 70.8 Å². The molecule has 0 saturated carbocycles. The molecule has 2 aromatic carbocycles. The minimum absolute atomic E-state index is 0.164. The van der Waals surface area contributed by atoms with E-state index in [9.17, 15) is 18.0 Å². The summed E-state index contributed by atoms with van der Waals surface area (Å²) in [6, 6.07) is 9.59. The van der Waals surface area contributed by atoms with Crippen molar-refractivity contribution >= 4 is 6.09 Å². The zero-order chi connectivity index (χ0) is 25.4. The van der Waals surface area contributed by atoms with Crippen LogP contribution in [0.25, 0.3) is 0 Å². The van der Waals surface area contributed by atoms with Gasteiger partial charge < -0.3 is 19.1 Å². The monoisotopic (exact) mass is 491 g/mol. The van der Waals surface area contributed by atoms with Gasteiger partial charge in [-0.1, -0.05) is 12.1 Å². The third kappa shape index (κ3) is 6.03. The van der Waals surface area contributed by atoms with Crippen LogP contribution in [0, 0.1) is 6.92 Å². The van der Waals surface area contributed by atoms with Crippen LogP contribution < -0.4 is 9.47 Å². The fraction of sp³-hybridized carbons (Fsp3) is 0.519. The van der Waals surface area contributed by atoms with Gasteiger partial charge in [-0.05, 0) is 81.8 Å². The van der Waals surface area contributed by atoms with Crippen LogP contribution in [-0.2, 0) is 10.9 Å². The molecule has 2 aliphatic heterocycles. The first-order valence-electron chi connectivity index (χ1n) is 12.0. The lowest BCUT2D eigenvalue weighted by molar-refractivity contribution is -0.137. The molecule has 0 aromatic heterocycles. The Morgan fingerprint density at radius 1 is 1.00 bits per heavy atom. The zero-order valence-electron chi connectivity index (χ0n) is 20.6. The van der Waals surface area contributed by atoms with E-state index in [1.165, 1.54) is 12.1 Å². The summed E-state index contributed by atoms with van der Waals surface area (Å²) < 4.78 is 58.3. The Balaban J connectivity index is 1.57. The molecule has 1 amide bonds. The van der Waals surface area contributed by atoms with E-state index < -0.39 is 23.4 Å². The Morgan fingerprint density at radius 3 is 2.37 bits per heavy atom. The molecule has 1 atom stereocenters. The van der Waals surface area contributed by atoms with Crippen LogP contribution >= 0.6 is 0 Å². The number of carbonyl (C=O) groups is 1. The predicted molar refractivity (Wildman–Crippen MR) is 126 cm³/mol. The quantitative estimate of drug-likeness (QED) is 0.462. The van der Waals surface area contributed by atoms with Gasteiger partial charge in [0.15, 0.2) is 0 Å². The lowest BCUT2D eigenvalue weighted by Gasteiger charge is -2.35. The first kappa shape index (κ1) is 25.2. The highest BCUT2D eigenvalue weighted by Crippen LogP contribution is 2.42. The standard InChI is InChI=1S/C27H32F3NO4/c1-17-5-7-20-23(11-14-33-24(20)15-17)34-22-8-6-19(27(28,29)30)16-21(22)18-9-12-31(13-10-18)25(32)35-26(2,3)4/h5-8,15-16,18,23H,9-14H2,1-4H3. The van der Waals surface area contributed by atoms with E-state index in [-0.39, 0.29) is 12.0 Å². The van der Waals surface area contributed by atoms with Gasteiger partial charge in [-0.2, -0.15) is 13.2 Å². The summed E-state index contributed by atoms with van der Waals surface area (Å²) >= 11 is 0. The third-order valence-corrected chi connectivity index (χ3v) is 6.35. The minimum atomic E-state index is -4.45. The summed E-state index contributed by atoms with van der Waals surface area (Å²) in [7, 11) is 0. The number of nitrogens with zero attached hydrogens (tertiary/aromatic N) is 1. The molecule has 2 heterocycles. The van der Waals surface area contributed by atoms with Gasteiger partial charge in [0, 0.05) is 25.1 Å². The van der Waals surface area contributed by atoms with E-state index in [2.05, 4.69) is 0 Å². The molecule has 190 valence electrons. The molecule has 1 fully saturated rings. The topological polar surface area (TPSA) is 48.0 Å². The number of halogens is 3. The molecule has 0 bridgehead atoms. The van der Waals surface area contributed by atoms with Crippen LogP contribution in [0.2, 0.25) is 0 Å². The highest BCUT2D eigenvalue weighted by molar-refractivity contribution is 5.68. The Labute approximate surface area is 204 Å². The van der Waals surface area contributed by atoms with E-state index in [1.807, 2.05) is 25.1 Å². The second-order valence-electron chi connectivity index (χ2n) is 10.3. The van der Waals surface area contributed by atoms with Crippen LogP contribution in [-0.4, -0.2) is 36.3 Å². The number of benzene rings is 2. The maximum absolute atomic E-state index is 13.6. The molecule has 0 spiro atoms. The second kappa shape index (κ2) is 9.63. The number of rotatable bonds is 3. The first-order valence-corrected chi connectivity index (χ1v) is 12.0. The van der Waals surface area contributed by atoms with Crippen molar-refractivity contribution in [1.29, 1.82) is 0 Å². The summed E-state index contributed by atoms with van der Waals surface area (Å²) in [6.07, 6.45) is -3.50. The van der Waals surface area contributed by atoms with Gasteiger partial charge in [-0.15, -0.1) is 0 Å². The molecule has 35 heavy (non-hydrogen) atoms. The average Bonchev–Trinajstić information content (AvgIpc) is 2.77. The largest absolute Gasteiger partial charge is 0.493 e. The molecular weight excluding hydrogens is 459 g/mol. The third-order valence-electron chi connectivity index (χ3n) is 6.35. The maximum atomic E-state index is 13.6. The molecule has 1 unspecified atom stereocenters. The number of amides is 1. The Morgan fingerprint density at radius 2 is 1.71 bits per heavy atom. The van der Waals surface area contributed by atoms with Gasteiger partial charge in [0.05, 0.1) is 12.2 Å². The minimum Gasteiger partial charge on any atom is -0.493 e. The highest BCUT2D eigenvalue weighted by atomic mass is 19.4. The molecule has 0 N–H and O–H groups in total. The number of hydrogen-bond acceptors (Lipinski definition) is 4. The molecule has 5 nitrogen and oxygen atoms in total. The molecular formula is C27H32F3NO4. The number of carbonyl (C=O) groups excluding carboxylic acids is 1. The summed E-state index contributed by atoms with van der Waals surface area (Å²) in [5, 5.41) is 0. The Kier molecular flexibility index (Phi) is 6.93. The number of piperidine rings is 1. The van der Waals surface area contributed by atoms with E-state index in [0.29, 0.717) is 50.3 Å². The second-order valence-corrected chi connectivity index (χ2v) is 10.3. The van der Waals surface area contributed by atoms with Crippen LogP contribution in [0.1, 0.15) is 74.3 Å². The van der Waals surface area contributed by atoms with E-state index in [0.717, 1.165) is 22.9 Å². The van der Waals surface area contributed by atoms with Crippen LogP contribution in [0.4, 0.5) is 18.0 Å². The molecule has 8 heteroatoms. The molecule has 2 aromatic rings. The Bertz CT molecular complexity index is 1070. The van der Waals surface area contributed by atoms with Crippen molar-refractivity contribution in [3.63, 3.8) is 0 Å². The number of fused-ring (bicyclic) bond motifs is 1. The van der Waals surface area contributed by atoms with Crippen LogP contribution in [0.5, 0.6) is 11.5 Å². The zero-order valence-corrected chi connectivity index (χ0v) is 20.6. The lowest BCUT2D eigenvalue weighted by Crippen LogP contribution is -2.41. The molecule has 0 aliphatic carbocycles. The fourth-order valence-corrected chi connectivity index (χ4v) is 4.59. The first-order chi connectivity index (χ1) is 16.4. The average molecular weight is 492 g/mol. The molecule has 1 saturated heterocycles. The molecule has 2 aliphatic rings. The van der Waals surface area contributed by atoms with Gasteiger partial charge >= 0.3 is 12.3 Å². The fourth-order valence-electron chi connectivity index (χ4n) is 4.59. The van der Waals surface area contributed by atoms with E-state index in [4.69, 9.17) is 14.2 Å². The molecule has 0 radical (unpaired) electrons. The van der Waals surface area contributed by atoms with Crippen molar-refractivity contribution < 1.29 is 32.2 Å². The van der Waals surface area contributed by atoms with Crippen LogP contribution in [0.15, 0.2) is 36.4 Å². The number of aryl methyl sites for hydroxylation is 1. The summed E-state index contributed by atoms with van der Waals surface area (Å²) in [5.41, 5.74) is 1.19. The van der Waals surface area contributed by atoms with Crippen molar-refractivity contribution in [3.05, 3.63) is 58.7 Å². The van der Waals surface area contributed by atoms with Gasteiger partial charge in [0.2, 0.25) is 0 Å². The van der Waals surface area contributed by atoms with Crippen molar-refractivity contribution in [3.8, 4) is 11.5 Å². The SMILES string of the molecule is Cc1ccc2c(c1)OCCC2Oc1ccc(C(F)(F)F)cc1C1CCN(C(=O)OC(C)(C)C)CC1. The van der Waals surface area contributed by atoms with Crippen molar-refractivity contribution in [2.75, 3.05) is 19.7 Å². The van der Waals surface area contributed by atoms with Crippen LogP contribution in [0.3, 0.4) is 0 Å². The van der Waals surface area contributed by atoms with Crippen molar-refractivity contribution in [1.82, 2.24) is 4.90 Å². The number of likely N-dealkylation sites (tertiary alicyclic amines) is 1. The number of ether oxygens (including phenoxy) is 3. The van der Waals surface area contributed by atoms with E-state index in [1.54, 1.807) is 25.7 Å². The Hall–Kier alpha value is -2.90. The van der Waals surface area contributed by atoms with Crippen molar-refractivity contribution in [2.24, 2.45) is 0 Å². The summed E-state index contributed by atoms with van der Waals surface area (Å²) in [6.45, 7) is 8.69. The highest BCUT2D eigenvalue weighted by Gasteiger charge is 2.35. The normalized spacial score (nSPS) is 19.1. The van der Waals surface area contributed by atoms with Gasteiger partial charge in [-0.3, -0.25) is 0 Å². The molecule has 4 rings (SSSR count). The predicted octanol–water partition coefficient (Wildman–Crippen LogP) is 7.03. The van der Waals surface area contributed by atoms with Gasteiger partial charge in [0.1, 0.15) is 23.2 Å². The summed E-state index contributed by atoms with van der Waals surface area (Å²) in [4.78, 5) is 14.0. The van der Waals surface area contributed by atoms with E-state index >= 15 is 0 Å². The number of alkyl halides is 3. The number of hydrogen-bond donors (Lipinski definition) is 0. The lowest BCUT2D eigenvalue weighted by atomic mass is 9.87. The van der Waals surface area contributed by atoms with Gasteiger partial charge in [0.25, 0.3) is 0 Å².